The summed E-state index contributed by atoms with van der Waals surface area (Å²) >= 11 is 0. The largest absolute Gasteiger partial charge is 0.0610 e. The molecule has 0 saturated carbocycles. The van der Waals surface area contributed by atoms with Gasteiger partial charge in [0.1, 0.15) is 0 Å². The van der Waals surface area contributed by atoms with Crippen LogP contribution in [0, 0.1) is 0 Å². The molecule has 0 unspecified atom stereocenters. The summed E-state index contributed by atoms with van der Waals surface area (Å²) < 4.78 is 0. The SMILES string of the molecule is CC1(C)c2ccc(-c3ccc4ccc5cccc6ccc3c4c56)cc2-c2ccc(-c3ccc4ccc5cccc6ccc3c4c56)cc21. The second-order valence-electron chi connectivity index (χ2n) is 14.1. The zero-order valence-electron chi connectivity index (χ0n) is 26.4. The molecule has 0 aromatic heterocycles. The third-order valence-electron chi connectivity index (χ3n) is 11.4. The summed E-state index contributed by atoms with van der Waals surface area (Å²) in [5.41, 5.74) is 10.6. The predicted octanol–water partition coefficient (Wildman–Crippen LogP) is 13.1. The maximum absolute atomic E-state index is 2.47. The van der Waals surface area contributed by atoms with Crippen molar-refractivity contribution in [2.75, 3.05) is 0 Å². The fourth-order valence-corrected chi connectivity index (χ4v) is 9.06. The van der Waals surface area contributed by atoms with Crippen LogP contribution >= 0.6 is 0 Å². The zero-order chi connectivity index (χ0) is 31.0. The number of benzene rings is 10. The Morgan fingerprint density at radius 3 is 1.30 bits per heavy atom. The second kappa shape index (κ2) is 8.75. The Balaban J connectivity index is 1.09. The number of hydrogen-bond donors (Lipinski definition) is 0. The third kappa shape index (κ3) is 3.27. The van der Waals surface area contributed by atoms with Crippen molar-refractivity contribution < 1.29 is 0 Å². The molecular formula is C47H30. The second-order valence-corrected chi connectivity index (χ2v) is 14.1. The number of hydrogen-bond acceptors (Lipinski definition) is 0. The first kappa shape index (κ1) is 25.5. The van der Waals surface area contributed by atoms with Crippen molar-refractivity contribution in [1.82, 2.24) is 0 Å². The molecule has 0 N–H and O–H groups in total. The fourth-order valence-electron chi connectivity index (χ4n) is 9.06. The first-order valence-corrected chi connectivity index (χ1v) is 16.7. The normalized spacial score (nSPS) is 13.9. The molecule has 0 radical (unpaired) electrons. The monoisotopic (exact) mass is 594 g/mol. The van der Waals surface area contributed by atoms with Gasteiger partial charge in [0.2, 0.25) is 0 Å². The Labute approximate surface area is 273 Å². The number of fused-ring (bicyclic) bond motifs is 3. The Hall–Kier alpha value is -5.72. The summed E-state index contributed by atoms with van der Waals surface area (Å²) in [6.07, 6.45) is 0. The molecule has 11 rings (SSSR count). The maximum Gasteiger partial charge on any atom is 0.0159 e. The molecule has 47 heavy (non-hydrogen) atoms. The molecule has 1 aliphatic carbocycles. The van der Waals surface area contributed by atoms with Crippen LogP contribution in [0.5, 0.6) is 0 Å². The number of rotatable bonds is 2. The van der Waals surface area contributed by atoms with E-state index in [0.29, 0.717) is 0 Å². The van der Waals surface area contributed by atoms with E-state index in [1.54, 1.807) is 0 Å². The Morgan fingerprint density at radius 2 is 0.745 bits per heavy atom. The van der Waals surface area contributed by atoms with E-state index < -0.39 is 0 Å². The van der Waals surface area contributed by atoms with E-state index >= 15 is 0 Å². The molecule has 0 nitrogen and oxygen atoms in total. The molecule has 0 spiro atoms. The van der Waals surface area contributed by atoms with Gasteiger partial charge in [-0.2, -0.15) is 0 Å². The van der Waals surface area contributed by atoms with Crippen LogP contribution in [0.15, 0.2) is 146 Å². The van der Waals surface area contributed by atoms with Crippen molar-refractivity contribution in [3.8, 4) is 33.4 Å². The van der Waals surface area contributed by atoms with Crippen LogP contribution in [-0.4, -0.2) is 0 Å². The van der Waals surface area contributed by atoms with Gasteiger partial charge in [-0.15, -0.1) is 0 Å². The molecule has 0 aliphatic heterocycles. The summed E-state index contributed by atoms with van der Waals surface area (Å²) in [6.45, 7) is 4.78. The predicted molar refractivity (Wildman–Crippen MR) is 202 cm³/mol. The Bertz CT molecular complexity index is 2890. The van der Waals surface area contributed by atoms with Crippen LogP contribution in [-0.2, 0) is 5.41 Å². The summed E-state index contributed by atoms with van der Waals surface area (Å²) in [4.78, 5) is 0. The lowest BCUT2D eigenvalue weighted by atomic mass is 9.81. The molecule has 0 atom stereocenters. The molecule has 10 aromatic carbocycles. The molecule has 1 aliphatic rings. The van der Waals surface area contributed by atoms with Crippen molar-refractivity contribution in [1.29, 1.82) is 0 Å². The van der Waals surface area contributed by atoms with Crippen molar-refractivity contribution in [2.24, 2.45) is 0 Å². The quantitative estimate of drug-likeness (QED) is 0.175. The molecule has 0 bridgehead atoms. The molecule has 0 heteroatoms. The smallest absolute Gasteiger partial charge is 0.0159 e. The standard InChI is InChI=1S/C47H30/c1-47(2)41-24-18-33(35-19-13-31-11-9-27-5-3-7-29-15-22-38(35)45(31)43(27)29)25-40(41)37-21-17-34(26-42(37)47)36-20-14-32-12-10-28-6-4-8-30-16-23-39(36)46(32)44(28)30/h3-26H,1-2H3. The Kier molecular flexibility index (Phi) is 4.74. The highest BCUT2D eigenvalue weighted by atomic mass is 14.4. The topological polar surface area (TPSA) is 0 Å². The van der Waals surface area contributed by atoms with Crippen LogP contribution in [0.3, 0.4) is 0 Å². The summed E-state index contributed by atoms with van der Waals surface area (Å²) in [6, 6.07) is 55.2. The van der Waals surface area contributed by atoms with Gasteiger partial charge >= 0.3 is 0 Å². The van der Waals surface area contributed by atoms with Gasteiger partial charge in [0.15, 0.2) is 0 Å². The maximum atomic E-state index is 2.47. The van der Waals surface area contributed by atoms with Crippen LogP contribution in [0.2, 0.25) is 0 Å². The van der Waals surface area contributed by atoms with E-state index in [1.807, 2.05) is 0 Å². The minimum atomic E-state index is -0.0916. The minimum Gasteiger partial charge on any atom is -0.0610 e. The van der Waals surface area contributed by atoms with Gasteiger partial charge in [-0.05, 0) is 121 Å². The van der Waals surface area contributed by atoms with E-state index in [-0.39, 0.29) is 5.41 Å². The van der Waals surface area contributed by atoms with Crippen LogP contribution in [0.4, 0.5) is 0 Å². The molecule has 0 amide bonds. The average Bonchev–Trinajstić information content (AvgIpc) is 3.34. The van der Waals surface area contributed by atoms with Crippen molar-refractivity contribution in [2.45, 2.75) is 19.3 Å². The van der Waals surface area contributed by atoms with E-state index in [2.05, 4.69) is 159 Å². The van der Waals surface area contributed by atoms with Gasteiger partial charge in [-0.3, -0.25) is 0 Å². The molecule has 218 valence electrons. The zero-order valence-corrected chi connectivity index (χ0v) is 26.4. The summed E-state index contributed by atoms with van der Waals surface area (Å²) in [5.74, 6) is 0. The van der Waals surface area contributed by atoms with Crippen molar-refractivity contribution in [3.63, 3.8) is 0 Å². The van der Waals surface area contributed by atoms with Crippen molar-refractivity contribution in [3.05, 3.63) is 157 Å². The fraction of sp³-hybridized carbons (Fsp3) is 0.0638. The molecular weight excluding hydrogens is 565 g/mol. The third-order valence-corrected chi connectivity index (χ3v) is 11.4. The highest BCUT2D eigenvalue weighted by Gasteiger charge is 2.36. The van der Waals surface area contributed by atoms with Crippen LogP contribution in [0.25, 0.3) is 98.0 Å². The highest BCUT2D eigenvalue weighted by Crippen LogP contribution is 2.52. The lowest BCUT2D eigenvalue weighted by Crippen LogP contribution is -2.15. The van der Waals surface area contributed by atoms with Gasteiger partial charge in [-0.25, -0.2) is 0 Å². The van der Waals surface area contributed by atoms with Crippen LogP contribution in [0.1, 0.15) is 25.0 Å². The van der Waals surface area contributed by atoms with Gasteiger partial charge in [0.05, 0.1) is 0 Å². The van der Waals surface area contributed by atoms with Crippen LogP contribution < -0.4 is 0 Å². The van der Waals surface area contributed by atoms with Gasteiger partial charge < -0.3 is 0 Å². The lowest BCUT2D eigenvalue weighted by molar-refractivity contribution is 0.660. The average molecular weight is 595 g/mol. The first-order chi connectivity index (χ1) is 23.0. The molecule has 0 saturated heterocycles. The van der Waals surface area contributed by atoms with E-state index in [0.717, 1.165) is 0 Å². The molecule has 0 fully saturated rings. The van der Waals surface area contributed by atoms with Gasteiger partial charge in [0.25, 0.3) is 0 Å². The molecule has 0 heterocycles. The van der Waals surface area contributed by atoms with E-state index in [9.17, 15) is 0 Å². The van der Waals surface area contributed by atoms with Gasteiger partial charge in [-0.1, -0.05) is 147 Å². The Morgan fingerprint density at radius 1 is 0.319 bits per heavy atom. The molecule has 10 aromatic rings. The highest BCUT2D eigenvalue weighted by molar-refractivity contribution is 6.26. The summed E-state index contributed by atoms with van der Waals surface area (Å²) in [7, 11) is 0. The minimum absolute atomic E-state index is 0.0916. The van der Waals surface area contributed by atoms with Crippen molar-refractivity contribution >= 4 is 64.6 Å². The van der Waals surface area contributed by atoms with Gasteiger partial charge in [0, 0.05) is 5.41 Å². The van der Waals surface area contributed by atoms with E-state index in [4.69, 9.17) is 0 Å². The van der Waals surface area contributed by atoms with E-state index in [1.165, 1.54) is 109 Å². The first-order valence-electron chi connectivity index (χ1n) is 16.7. The lowest BCUT2D eigenvalue weighted by Gasteiger charge is -2.22. The summed E-state index contributed by atoms with van der Waals surface area (Å²) in [5, 5.41) is 16.0.